The van der Waals surface area contributed by atoms with Crippen LogP contribution in [0.2, 0.25) is 0 Å². The molecule has 0 nitrogen and oxygen atoms in total. The summed E-state index contributed by atoms with van der Waals surface area (Å²) in [6.07, 6.45) is 32.7. The highest BCUT2D eigenvalue weighted by Crippen LogP contribution is 2.38. The van der Waals surface area contributed by atoms with Gasteiger partial charge in [0.05, 0.1) is 0 Å². The van der Waals surface area contributed by atoms with E-state index in [4.69, 9.17) is 0 Å². The van der Waals surface area contributed by atoms with Gasteiger partial charge in [-0.3, -0.25) is 0 Å². The highest BCUT2D eigenvalue weighted by atomic mass is 14.3. The molecule has 1 saturated carbocycles. The van der Waals surface area contributed by atoms with Crippen LogP contribution in [0.5, 0.6) is 0 Å². The van der Waals surface area contributed by atoms with E-state index in [0.717, 1.165) is 0 Å². The van der Waals surface area contributed by atoms with Gasteiger partial charge in [0, 0.05) is 0 Å². The molecule has 0 N–H and O–H groups in total. The number of hydrogen-bond acceptors (Lipinski definition) is 0. The summed E-state index contributed by atoms with van der Waals surface area (Å²) in [6.45, 7) is 4.89. The first-order valence-electron chi connectivity index (χ1n) is 12.3. The molecule has 0 aromatic rings. The maximum atomic E-state index is 2.58. The summed E-state index contributed by atoms with van der Waals surface area (Å²) in [7, 11) is 0. The van der Waals surface area contributed by atoms with E-state index in [0.29, 0.717) is 5.41 Å². The van der Waals surface area contributed by atoms with Crippen LogP contribution in [0.3, 0.4) is 0 Å². The molecule has 150 valence electrons. The van der Waals surface area contributed by atoms with Crippen LogP contribution < -0.4 is 0 Å². The summed E-state index contributed by atoms with van der Waals surface area (Å²) in [4.78, 5) is 0. The van der Waals surface area contributed by atoms with Crippen molar-refractivity contribution in [1.82, 2.24) is 0 Å². The van der Waals surface area contributed by atoms with Crippen molar-refractivity contribution < 1.29 is 0 Å². The second kappa shape index (κ2) is 16.2. The van der Waals surface area contributed by atoms with Gasteiger partial charge in [-0.15, -0.1) is 0 Å². The highest BCUT2D eigenvalue weighted by Gasteiger charge is 2.23. The van der Waals surface area contributed by atoms with Crippen molar-refractivity contribution in [1.29, 1.82) is 0 Å². The molecule has 0 atom stereocenters. The molecule has 0 radical (unpaired) electrons. The molecule has 0 aromatic heterocycles. The van der Waals surface area contributed by atoms with Gasteiger partial charge in [0.25, 0.3) is 0 Å². The summed E-state index contributed by atoms with van der Waals surface area (Å²) < 4.78 is 0. The van der Waals surface area contributed by atoms with E-state index in [1.54, 1.807) is 0 Å². The minimum Gasteiger partial charge on any atom is -0.0654 e. The van der Waals surface area contributed by atoms with E-state index in [9.17, 15) is 0 Å². The first-order valence-corrected chi connectivity index (χ1v) is 12.3. The minimum atomic E-state index is 0.692. The second-order valence-corrected chi connectivity index (χ2v) is 9.42. The van der Waals surface area contributed by atoms with E-state index >= 15 is 0 Å². The van der Waals surface area contributed by atoms with Crippen molar-refractivity contribution in [2.24, 2.45) is 5.41 Å². The molecule has 0 aromatic carbocycles. The van der Waals surface area contributed by atoms with Crippen molar-refractivity contribution in [2.45, 2.75) is 155 Å². The van der Waals surface area contributed by atoms with Gasteiger partial charge in [-0.25, -0.2) is 0 Å². The Kier molecular flexibility index (Phi) is 14.9. The van der Waals surface area contributed by atoms with E-state index in [2.05, 4.69) is 13.8 Å². The summed E-state index contributed by atoms with van der Waals surface area (Å²) in [5.41, 5.74) is 0.692. The van der Waals surface area contributed by atoms with Gasteiger partial charge in [0.2, 0.25) is 0 Å². The summed E-state index contributed by atoms with van der Waals surface area (Å²) in [5, 5.41) is 0. The number of hydrogen-bond donors (Lipinski definition) is 0. The Hall–Kier alpha value is 0. The van der Waals surface area contributed by atoms with Gasteiger partial charge < -0.3 is 0 Å². The van der Waals surface area contributed by atoms with Crippen LogP contribution in [0, 0.1) is 5.41 Å². The SMILES string of the molecule is CCCCCCCCCCCCCCCCC1(C)CCCCCCC1. The molecule has 0 spiro atoms. The molecule has 0 saturated heterocycles. The fourth-order valence-electron chi connectivity index (χ4n) is 4.76. The zero-order valence-electron chi connectivity index (χ0n) is 18.1. The van der Waals surface area contributed by atoms with Crippen LogP contribution in [0.25, 0.3) is 0 Å². The van der Waals surface area contributed by atoms with Crippen LogP contribution in [-0.4, -0.2) is 0 Å². The Balaban J connectivity index is 1.82. The third-order valence-electron chi connectivity index (χ3n) is 6.69. The van der Waals surface area contributed by atoms with Crippen LogP contribution in [0.1, 0.15) is 155 Å². The smallest absolute Gasteiger partial charge is 0.0326 e. The van der Waals surface area contributed by atoms with Crippen LogP contribution in [0.4, 0.5) is 0 Å². The summed E-state index contributed by atoms with van der Waals surface area (Å²) >= 11 is 0. The molecule has 0 amide bonds. The number of unbranched alkanes of at least 4 members (excludes halogenated alkanes) is 13. The molecule has 0 unspecified atom stereocenters. The third kappa shape index (κ3) is 13.8. The van der Waals surface area contributed by atoms with Gasteiger partial charge in [0.1, 0.15) is 0 Å². The summed E-state index contributed by atoms with van der Waals surface area (Å²) in [5.74, 6) is 0. The number of rotatable bonds is 15. The average molecular weight is 351 g/mol. The van der Waals surface area contributed by atoms with Crippen molar-refractivity contribution in [3.63, 3.8) is 0 Å². The Bertz CT molecular complexity index is 259. The molecule has 1 aliphatic carbocycles. The normalized spacial score (nSPS) is 18.0. The molecule has 0 bridgehead atoms. The lowest BCUT2D eigenvalue weighted by Crippen LogP contribution is -2.17. The zero-order chi connectivity index (χ0) is 18.1. The lowest BCUT2D eigenvalue weighted by molar-refractivity contribution is 0.211. The van der Waals surface area contributed by atoms with Crippen LogP contribution in [-0.2, 0) is 0 Å². The Morgan fingerprint density at radius 1 is 0.480 bits per heavy atom. The predicted octanol–water partition coefficient (Wildman–Crippen LogP) is 9.61. The Morgan fingerprint density at radius 3 is 1.28 bits per heavy atom. The monoisotopic (exact) mass is 350 g/mol. The maximum Gasteiger partial charge on any atom is -0.0326 e. The summed E-state index contributed by atoms with van der Waals surface area (Å²) in [6, 6.07) is 0. The first kappa shape index (κ1) is 23.0. The molecule has 1 fully saturated rings. The second-order valence-electron chi connectivity index (χ2n) is 9.42. The molecule has 1 aliphatic rings. The molecule has 25 heavy (non-hydrogen) atoms. The van der Waals surface area contributed by atoms with Gasteiger partial charge in [-0.1, -0.05) is 136 Å². The van der Waals surface area contributed by atoms with Crippen molar-refractivity contribution in [3.05, 3.63) is 0 Å². The molecule has 0 aliphatic heterocycles. The zero-order valence-corrected chi connectivity index (χ0v) is 18.1. The average Bonchev–Trinajstić information content (AvgIpc) is 2.59. The molecule has 0 heteroatoms. The standard InChI is InChI=1S/C25H50/c1-3-4-5-6-7-8-9-10-11-12-13-14-16-19-22-25(2)23-20-17-15-18-21-24-25/h3-24H2,1-2H3. The fraction of sp³-hybridized carbons (Fsp3) is 1.00. The van der Waals surface area contributed by atoms with Gasteiger partial charge in [0.15, 0.2) is 0 Å². The Labute approximate surface area is 160 Å². The first-order chi connectivity index (χ1) is 12.3. The van der Waals surface area contributed by atoms with Gasteiger partial charge in [-0.2, -0.15) is 0 Å². The largest absolute Gasteiger partial charge is 0.0654 e. The topological polar surface area (TPSA) is 0 Å². The van der Waals surface area contributed by atoms with E-state index < -0.39 is 0 Å². The molecule has 0 heterocycles. The Morgan fingerprint density at radius 2 is 0.840 bits per heavy atom. The molecular formula is C25H50. The quantitative estimate of drug-likeness (QED) is 0.258. The lowest BCUT2D eigenvalue weighted by Gasteiger charge is -2.31. The van der Waals surface area contributed by atoms with Crippen molar-refractivity contribution >= 4 is 0 Å². The predicted molar refractivity (Wildman–Crippen MR) is 115 cm³/mol. The van der Waals surface area contributed by atoms with E-state index in [1.165, 1.54) is 141 Å². The molecular weight excluding hydrogens is 300 g/mol. The fourth-order valence-corrected chi connectivity index (χ4v) is 4.76. The van der Waals surface area contributed by atoms with Crippen molar-refractivity contribution in [2.75, 3.05) is 0 Å². The maximum absolute atomic E-state index is 2.58. The van der Waals surface area contributed by atoms with Gasteiger partial charge >= 0.3 is 0 Å². The van der Waals surface area contributed by atoms with Gasteiger partial charge in [-0.05, 0) is 24.7 Å². The highest BCUT2D eigenvalue weighted by molar-refractivity contribution is 4.76. The third-order valence-corrected chi connectivity index (χ3v) is 6.69. The lowest BCUT2D eigenvalue weighted by atomic mass is 9.74. The molecule has 1 rings (SSSR count). The van der Waals surface area contributed by atoms with Crippen molar-refractivity contribution in [3.8, 4) is 0 Å². The van der Waals surface area contributed by atoms with E-state index in [1.807, 2.05) is 0 Å². The van der Waals surface area contributed by atoms with Crippen LogP contribution in [0.15, 0.2) is 0 Å². The minimum absolute atomic E-state index is 0.692. The van der Waals surface area contributed by atoms with Crippen LogP contribution >= 0.6 is 0 Å². The van der Waals surface area contributed by atoms with E-state index in [-0.39, 0.29) is 0 Å².